The van der Waals surface area contributed by atoms with Crippen molar-refractivity contribution in [3.8, 4) is 16.9 Å². The fraction of sp³-hybridized carbons (Fsp3) is 0.220. The van der Waals surface area contributed by atoms with E-state index in [1.807, 2.05) is 121 Å². The number of fused-ring (bicyclic) bond motifs is 3. The minimum absolute atomic E-state index is 0.00702. The minimum Gasteiger partial charge on any atom is -0.497 e. The SMILES string of the molecule is COc1ccc(C(c2ccccc2)N(CCCC[C@H](NC(=O)[C@H](Cc2ccc([N+](=O)[O-])cc2)NC(=O)OCC2c3ccccc3-c3ccccc32)C(=O)O)c2ccccc2)cc1. The van der Waals surface area contributed by atoms with E-state index in [0.29, 0.717) is 24.9 Å². The van der Waals surface area contributed by atoms with Crippen molar-refractivity contribution in [2.45, 2.75) is 49.7 Å². The van der Waals surface area contributed by atoms with Crippen LogP contribution in [0.5, 0.6) is 5.75 Å². The van der Waals surface area contributed by atoms with Crippen LogP contribution in [0, 0.1) is 10.1 Å². The van der Waals surface area contributed by atoms with Crippen LogP contribution in [0.2, 0.25) is 0 Å². The molecular weight excluding hydrogens is 785 g/mol. The molecule has 0 spiro atoms. The van der Waals surface area contributed by atoms with Gasteiger partial charge in [-0.2, -0.15) is 0 Å². The van der Waals surface area contributed by atoms with Gasteiger partial charge in [0.05, 0.1) is 18.1 Å². The van der Waals surface area contributed by atoms with E-state index in [-0.39, 0.29) is 37.1 Å². The normalized spacial score (nSPS) is 13.1. The highest BCUT2D eigenvalue weighted by molar-refractivity contribution is 5.89. The smallest absolute Gasteiger partial charge is 0.407 e. The van der Waals surface area contributed by atoms with Crippen molar-refractivity contribution in [1.29, 1.82) is 0 Å². The first-order valence-corrected chi connectivity index (χ1v) is 20.6. The van der Waals surface area contributed by atoms with Gasteiger partial charge in [0.25, 0.3) is 5.69 Å². The summed E-state index contributed by atoms with van der Waals surface area (Å²) in [6.45, 7) is 0.578. The number of ether oxygens (including phenoxy) is 2. The van der Waals surface area contributed by atoms with Gasteiger partial charge in [-0.15, -0.1) is 0 Å². The Kier molecular flexibility index (Phi) is 13.9. The minimum atomic E-state index is -1.26. The summed E-state index contributed by atoms with van der Waals surface area (Å²) in [6.07, 6.45) is 0.248. The number of benzene rings is 6. The lowest BCUT2D eigenvalue weighted by Crippen LogP contribution is -2.52. The molecule has 7 rings (SSSR count). The average molecular weight is 833 g/mol. The zero-order valence-corrected chi connectivity index (χ0v) is 34.3. The number of hydrogen-bond acceptors (Lipinski definition) is 8. The van der Waals surface area contributed by atoms with Crippen LogP contribution >= 0.6 is 0 Å². The van der Waals surface area contributed by atoms with Crippen molar-refractivity contribution < 1.29 is 33.9 Å². The second-order valence-electron chi connectivity index (χ2n) is 15.2. The molecular formula is C50H48N4O8. The van der Waals surface area contributed by atoms with Crippen LogP contribution in [0.3, 0.4) is 0 Å². The number of amides is 2. The molecule has 3 atom stereocenters. The molecule has 1 unspecified atom stereocenters. The highest BCUT2D eigenvalue weighted by Gasteiger charge is 2.31. The van der Waals surface area contributed by atoms with Crippen LogP contribution in [0.15, 0.2) is 158 Å². The lowest BCUT2D eigenvalue weighted by atomic mass is 9.95. The Labute approximate surface area is 360 Å². The van der Waals surface area contributed by atoms with Crippen LogP contribution in [0.1, 0.15) is 59.0 Å². The number of aliphatic carboxylic acids is 1. The van der Waals surface area contributed by atoms with Gasteiger partial charge in [0.15, 0.2) is 0 Å². The second-order valence-corrected chi connectivity index (χ2v) is 15.2. The van der Waals surface area contributed by atoms with Crippen molar-refractivity contribution in [1.82, 2.24) is 10.6 Å². The van der Waals surface area contributed by atoms with Gasteiger partial charge in [0.2, 0.25) is 5.91 Å². The maximum absolute atomic E-state index is 14.0. The molecule has 316 valence electrons. The summed E-state index contributed by atoms with van der Waals surface area (Å²) in [4.78, 5) is 53.2. The van der Waals surface area contributed by atoms with Gasteiger partial charge in [-0.3, -0.25) is 14.9 Å². The van der Waals surface area contributed by atoms with Crippen LogP contribution in [0.4, 0.5) is 16.2 Å². The third-order valence-corrected chi connectivity index (χ3v) is 11.2. The van der Waals surface area contributed by atoms with Gasteiger partial charge < -0.3 is 30.1 Å². The van der Waals surface area contributed by atoms with Crippen molar-refractivity contribution in [2.75, 3.05) is 25.2 Å². The number of alkyl carbamates (subject to hydrolysis) is 1. The third-order valence-electron chi connectivity index (χ3n) is 11.2. The summed E-state index contributed by atoms with van der Waals surface area (Å²) in [5, 5.41) is 27.0. The van der Waals surface area contributed by atoms with E-state index in [0.717, 1.165) is 44.8 Å². The van der Waals surface area contributed by atoms with E-state index in [1.54, 1.807) is 7.11 Å². The van der Waals surface area contributed by atoms with Gasteiger partial charge in [0.1, 0.15) is 24.4 Å². The number of carboxylic acid groups (broad SMARTS) is 1. The Balaban J connectivity index is 1.04. The molecule has 6 aromatic rings. The molecule has 62 heavy (non-hydrogen) atoms. The Bertz CT molecular complexity index is 2420. The molecule has 0 heterocycles. The van der Waals surface area contributed by atoms with Crippen molar-refractivity contribution in [2.24, 2.45) is 0 Å². The Morgan fingerprint density at radius 2 is 1.29 bits per heavy atom. The van der Waals surface area contributed by atoms with E-state index in [9.17, 15) is 29.6 Å². The summed E-state index contributed by atoms with van der Waals surface area (Å²) in [7, 11) is 1.63. The zero-order valence-electron chi connectivity index (χ0n) is 34.3. The van der Waals surface area contributed by atoms with Crippen LogP contribution in [-0.4, -0.2) is 60.3 Å². The molecule has 0 radical (unpaired) electrons. The number of rotatable bonds is 19. The largest absolute Gasteiger partial charge is 0.497 e. The maximum atomic E-state index is 14.0. The Morgan fingerprint density at radius 3 is 1.89 bits per heavy atom. The first-order valence-electron chi connectivity index (χ1n) is 20.6. The number of carboxylic acids is 1. The number of nitro benzene ring substituents is 1. The average Bonchev–Trinajstić information content (AvgIpc) is 3.62. The number of unbranched alkanes of at least 4 members (excludes halogenated alkanes) is 1. The molecule has 0 saturated heterocycles. The fourth-order valence-electron chi connectivity index (χ4n) is 8.14. The number of carbonyl (C=O) groups excluding carboxylic acids is 2. The molecule has 12 nitrogen and oxygen atoms in total. The van der Waals surface area contributed by atoms with Crippen LogP contribution in [0.25, 0.3) is 11.1 Å². The number of nitrogens with zero attached hydrogens (tertiary/aromatic N) is 2. The first kappa shape index (κ1) is 42.6. The predicted molar refractivity (Wildman–Crippen MR) is 237 cm³/mol. The first-order chi connectivity index (χ1) is 30.2. The quantitative estimate of drug-likeness (QED) is 0.0411. The molecule has 3 N–H and O–H groups in total. The molecule has 0 bridgehead atoms. The monoisotopic (exact) mass is 832 g/mol. The lowest BCUT2D eigenvalue weighted by molar-refractivity contribution is -0.384. The van der Waals surface area contributed by atoms with E-state index in [1.165, 1.54) is 24.3 Å². The molecule has 0 aliphatic heterocycles. The Morgan fingerprint density at radius 1 is 0.710 bits per heavy atom. The summed E-state index contributed by atoms with van der Waals surface area (Å²) in [6, 6.07) is 47.0. The Hall–Kier alpha value is -7.47. The summed E-state index contributed by atoms with van der Waals surface area (Å²) in [5.41, 5.74) is 7.70. The van der Waals surface area contributed by atoms with E-state index < -0.39 is 35.0 Å². The molecule has 6 aromatic carbocycles. The van der Waals surface area contributed by atoms with Gasteiger partial charge in [0, 0.05) is 36.7 Å². The molecule has 1 aliphatic rings. The summed E-state index contributed by atoms with van der Waals surface area (Å²) in [5.74, 6) is -1.41. The number of carbonyl (C=O) groups is 3. The van der Waals surface area contributed by atoms with Gasteiger partial charge >= 0.3 is 12.1 Å². The second kappa shape index (κ2) is 20.2. The van der Waals surface area contributed by atoms with Gasteiger partial charge in [-0.1, -0.05) is 121 Å². The topological polar surface area (TPSA) is 160 Å². The van der Waals surface area contributed by atoms with Crippen LogP contribution in [-0.2, 0) is 20.7 Å². The van der Waals surface area contributed by atoms with E-state index in [4.69, 9.17) is 9.47 Å². The van der Waals surface area contributed by atoms with Crippen molar-refractivity contribution in [3.63, 3.8) is 0 Å². The van der Waals surface area contributed by atoms with Crippen LogP contribution < -0.4 is 20.3 Å². The highest BCUT2D eigenvalue weighted by Crippen LogP contribution is 2.44. The molecule has 12 heteroatoms. The molecule has 0 fully saturated rings. The fourth-order valence-corrected chi connectivity index (χ4v) is 8.14. The molecule has 0 aromatic heterocycles. The number of nitrogens with one attached hydrogen (secondary N) is 2. The molecule has 1 aliphatic carbocycles. The third kappa shape index (κ3) is 10.3. The summed E-state index contributed by atoms with van der Waals surface area (Å²) >= 11 is 0. The number of methoxy groups -OCH3 is 1. The maximum Gasteiger partial charge on any atom is 0.407 e. The molecule has 0 saturated carbocycles. The summed E-state index contributed by atoms with van der Waals surface area (Å²) < 4.78 is 11.2. The molecule has 2 amide bonds. The predicted octanol–water partition coefficient (Wildman–Crippen LogP) is 9.09. The number of nitro groups is 1. The lowest BCUT2D eigenvalue weighted by Gasteiger charge is -2.35. The number of para-hydroxylation sites is 1. The van der Waals surface area contributed by atoms with Crippen molar-refractivity contribution in [3.05, 3.63) is 196 Å². The number of anilines is 1. The standard InChI is InChI=1S/C50H48N4O8/c1-61-39-29-25-36(26-30-39)47(35-14-4-2-5-15-35)53(37-16-6-3-7-17-37)31-13-12-22-45(49(56)57)51-48(55)46(32-34-23-27-38(28-24-34)54(59)60)52-50(58)62-33-44-42-20-10-8-18-40(42)41-19-9-11-21-43(41)44/h2-11,14-21,23-30,44-47H,12-13,22,31-33H2,1H3,(H,51,55)(H,52,58)(H,56,57)/t45-,46-,47?/m0/s1. The van der Waals surface area contributed by atoms with E-state index >= 15 is 0 Å². The highest BCUT2D eigenvalue weighted by atomic mass is 16.6. The van der Waals surface area contributed by atoms with E-state index in [2.05, 4.69) is 27.7 Å². The van der Waals surface area contributed by atoms with Crippen molar-refractivity contribution >= 4 is 29.3 Å². The number of non-ortho nitro benzene ring substituents is 1. The van der Waals surface area contributed by atoms with Gasteiger partial charge in [-0.25, -0.2) is 9.59 Å². The zero-order chi connectivity index (χ0) is 43.4. The van der Waals surface area contributed by atoms with Gasteiger partial charge in [-0.05, 0) is 82.5 Å². The number of hydrogen-bond donors (Lipinski definition) is 3.